The van der Waals surface area contributed by atoms with Crippen molar-refractivity contribution in [2.45, 2.75) is 0 Å². The van der Waals surface area contributed by atoms with Gasteiger partial charge in [0.05, 0.1) is 23.9 Å². The van der Waals surface area contributed by atoms with Crippen LogP contribution < -0.4 is 19.1 Å². The largest absolute Gasteiger partial charge is 0.493 e. The minimum Gasteiger partial charge on any atom is -0.493 e. The molecule has 0 aliphatic carbocycles. The first-order chi connectivity index (χ1) is 14.6. The molecule has 0 fully saturated rings. The van der Waals surface area contributed by atoms with Crippen LogP contribution in [0.2, 0.25) is 0 Å². The molecule has 0 saturated carbocycles. The third-order valence-electron chi connectivity index (χ3n) is 4.52. The highest BCUT2D eigenvalue weighted by molar-refractivity contribution is 6.34. The van der Waals surface area contributed by atoms with Crippen LogP contribution >= 0.6 is 0 Å². The fourth-order valence-electron chi connectivity index (χ4n) is 3.15. The molecule has 2 amide bonds. The molecule has 1 aliphatic rings. The predicted octanol–water partition coefficient (Wildman–Crippen LogP) is 3.48. The smallest absolute Gasteiger partial charge is 0.349 e. The lowest BCUT2D eigenvalue weighted by atomic mass is 10.1. The lowest BCUT2D eigenvalue weighted by Gasteiger charge is -2.15. The molecule has 1 heterocycles. The molecule has 1 aliphatic heterocycles. The van der Waals surface area contributed by atoms with Crippen molar-refractivity contribution in [1.82, 2.24) is 0 Å². The number of carbonyl (C=O) groups is 3. The van der Waals surface area contributed by atoms with E-state index in [0.717, 1.165) is 4.90 Å². The molecule has 3 aromatic carbocycles. The van der Waals surface area contributed by atoms with Crippen LogP contribution in [0.15, 0.2) is 72.8 Å². The molecule has 0 aromatic heterocycles. The highest BCUT2D eigenvalue weighted by atomic mass is 16.6. The molecule has 0 bridgehead atoms. The average molecular weight is 403 g/mol. The zero-order valence-electron chi connectivity index (χ0n) is 16.0. The number of ether oxygens (including phenoxy) is 3. The molecular weight excluding hydrogens is 386 g/mol. The minimum absolute atomic E-state index is 0.192. The fourth-order valence-corrected chi connectivity index (χ4v) is 3.15. The summed E-state index contributed by atoms with van der Waals surface area (Å²) in [6.45, 7) is -0.336. The number of nitrogens with zero attached hydrogens (tertiary/aromatic N) is 1. The summed E-state index contributed by atoms with van der Waals surface area (Å²) in [6.07, 6.45) is 0. The zero-order chi connectivity index (χ0) is 21.1. The van der Waals surface area contributed by atoms with E-state index in [2.05, 4.69) is 0 Å². The Morgan fingerprint density at radius 3 is 2.13 bits per heavy atom. The van der Waals surface area contributed by atoms with Crippen LogP contribution in [0.1, 0.15) is 20.7 Å². The van der Waals surface area contributed by atoms with Gasteiger partial charge in [-0.3, -0.25) is 9.59 Å². The van der Waals surface area contributed by atoms with Gasteiger partial charge in [-0.15, -0.1) is 0 Å². The number of fused-ring (bicyclic) bond motifs is 1. The Kier molecular flexibility index (Phi) is 5.17. The van der Waals surface area contributed by atoms with Gasteiger partial charge in [0.2, 0.25) is 0 Å². The summed E-state index contributed by atoms with van der Waals surface area (Å²) in [7, 11) is 1.51. The van der Waals surface area contributed by atoms with E-state index in [4.69, 9.17) is 14.2 Å². The maximum atomic E-state index is 12.6. The van der Waals surface area contributed by atoms with Crippen LogP contribution in [-0.2, 0) is 4.79 Å². The van der Waals surface area contributed by atoms with E-state index in [0.29, 0.717) is 28.3 Å². The summed E-state index contributed by atoms with van der Waals surface area (Å²) in [5, 5.41) is 0. The molecule has 0 spiro atoms. The second-order valence-corrected chi connectivity index (χ2v) is 6.40. The van der Waals surface area contributed by atoms with Gasteiger partial charge in [0.15, 0.2) is 18.1 Å². The van der Waals surface area contributed by atoms with Crippen molar-refractivity contribution in [3.05, 3.63) is 83.9 Å². The molecule has 150 valence electrons. The molecule has 30 heavy (non-hydrogen) atoms. The monoisotopic (exact) mass is 403 g/mol. The highest BCUT2D eigenvalue weighted by Gasteiger charge is 2.36. The van der Waals surface area contributed by atoms with Crippen molar-refractivity contribution in [2.24, 2.45) is 0 Å². The minimum atomic E-state index is -0.639. The van der Waals surface area contributed by atoms with E-state index in [1.165, 1.54) is 13.2 Å². The Bertz CT molecular complexity index is 1100. The van der Waals surface area contributed by atoms with E-state index < -0.39 is 17.8 Å². The predicted molar refractivity (Wildman–Crippen MR) is 108 cm³/mol. The van der Waals surface area contributed by atoms with Crippen molar-refractivity contribution in [1.29, 1.82) is 0 Å². The first kappa shape index (κ1) is 19.2. The third kappa shape index (κ3) is 3.60. The molecule has 0 N–H and O–H groups in total. The van der Waals surface area contributed by atoms with Gasteiger partial charge >= 0.3 is 5.97 Å². The van der Waals surface area contributed by atoms with Crippen molar-refractivity contribution in [3.8, 4) is 17.2 Å². The lowest BCUT2D eigenvalue weighted by molar-refractivity contribution is -0.136. The number of hydrogen-bond acceptors (Lipinski definition) is 6. The standard InChI is InChI=1S/C23H17NO6/c1-28-19-11-4-5-12-20(19)29-14-21(25)30-16-8-6-7-15(13-16)24-22(26)17-9-2-3-10-18(17)23(24)27/h2-13H,14H2,1H3. The van der Waals surface area contributed by atoms with E-state index in [-0.39, 0.29) is 12.4 Å². The molecule has 3 aromatic rings. The average Bonchev–Trinajstić information content (AvgIpc) is 3.03. The van der Waals surface area contributed by atoms with Gasteiger partial charge in [0, 0.05) is 6.07 Å². The SMILES string of the molecule is COc1ccccc1OCC(=O)Oc1cccc(N2C(=O)c3ccccc3C2=O)c1. The van der Waals surface area contributed by atoms with Crippen LogP contribution in [-0.4, -0.2) is 31.5 Å². The summed E-state index contributed by atoms with van der Waals surface area (Å²) in [5.41, 5.74) is 1.00. The highest BCUT2D eigenvalue weighted by Crippen LogP contribution is 2.30. The van der Waals surface area contributed by atoms with Crippen LogP contribution in [0, 0.1) is 0 Å². The Morgan fingerprint density at radius 1 is 0.833 bits per heavy atom. The number of para-hydroxylation sites is 2. The zero-order valence-corrected chi connectivity index (χ0v) is 16.0. The van der Waals surface area contributed by atoms with Gasteiger partial charge in [0.1, 0.15) is 5.75 Å². The number of methoxy groups -OCH3 is 1. The van der Waals surface area contributed by atoms with Crippen LogP contribution in [0.5, 0.6) is 17.2 Å². The van der Waals surface area contributed by atoms with Gasteiger partial charge in [-0.2, -0.15) is 0 Å². The molecule has 0 radical (unpaired) electrons. The number of esters is 1. The Labute approximate surface area is 172 Å². The van der Waals surface area contributed by atoms with Gasteiger partial charge in [-0.25, -0.2) is 9.69 Å². The summed E-state index contributed by atoms with van der Waals surface area (Å²) < 4.78 is 15.9. The summed E-state index contributed by atoms with van der Waals surface area (Å²) in [6, 6.07) is 19.8. The van der Waals surface area contributed by atoms with Crippen molar-refractivity contribution in [3.63, 3.8) is 0 Å². The lowest BCUT2D eigenvalue weighted by Crippen LogP contribution is -2.29. The van der Waals surface area contributed by atoms with Crippen LogP contribution in [0.25, 0.3) is 0 Å². The number of benzene rings is 3. The summed E-state index contributed by atoms with van der Waals surface area (Å²) >= 11 is 0. The molecule has 4 rings (SSSR count). The number of rotatable bonds is 6. The number of imide groups is 1. The molecule has 7 heteroatoms. The van der Waals surface area contributed by atoms with E-state index in [1.807, 2.05) is 0 Å². The van der Waals surface area contributed by atoms with Crippen molar-refractivity contribution in [2.75, 3.05) is 18.6 Å². The molecule has 7 nitrogen and oxygen atoms in total. The molecular formula is C23H17NO6. The number of hydrogen-bond donors (Lipinski definition) is 0. The van der Waals surface area contributed by atoms with Gasteiger partial charge in [0.25, 0.3) is 11.8 Å². The Morgan fingerprint density at radius 2 is 1.47 bits per heavy atom. The van der Waals surface area contributed by atoms with Crippen molar-refractivity contribution < 1.29 is 28.6 Å². The van der Waals surface area contributed by atoms with E-state index in [1.54, 1.807) is 66.7 Å². The second kappa shape index (κ2) is 8.08. The second-order valence-electron chi connectivity index (χ2n) is 6.40. The maximum absolute atomic E-state index is 12.6. The first-order valence-corrected chi connectivity index (χ1v) is 9.13. The Balaban J connectivity index is 1.46. The van der Waals surface area contributed by atoms with Crippen LogP contribution in [0.4, 0.5) is 5.69 Å². The summed E-state index contributed by atoms with van der Waals surface area (Å²) in [5.74, 6) is -0.370. The quantitative estimate of drug-likeness (QED) is 0.356. The molecule has 0 unspecified atom stereocenters. The Hall–Kier alpha value is -4.13. The van der Waals surface area contributed by atoms with Gasteiger partial charge in [-0.05, 0) is 36.4 Å². The number of amides is 2. The maximum Gasteiger partial charge on any atom is 0.349 e. The normalized spacial score (nSPS) is 12.5. The third-order valence-corrected chi connectivity index (χ3v) is 4.52. The van der Waals surface area contributed by atoms with E-state index >= 15 is 0 Å². The molecule has 0 atom stereocenters. The van der Waals surface area contributed by atoms with E-state index in [9.17, 15) is 14.4 Å². The van der Waals surface area contributed by atoms with Crippen LogP contribution in [0.3, 0.4) is 0 Å². The number of anilines is 1. The van der Waals surface area contributed by atoms with Gasteiger partial charge < -0.3 is 14.2 Å². The molecule has 0 saturated heterocycles. The number of carbonyl (C=O) groups excluding carboxylic acids is 3. The fraction of sp³-hybridized carbons (Fsp3) is 0.0870. The first-order valence-electron chi connectivity index (χ1n) is 9.13. The van der Waals surface area contributed by atoms with Crippen molar-refractivity contribution >= 4 is 23.5 Å². The topological polar surface area (TPSA) is 82.1 Å². The summed E-state index contributed by atoms with van der Waals surface area (Å²) in [4.78, 5) is 38.5. The van der Waals surface area contributed by atoms with Gasteiger partial charge in [-0.1, -0.05) is 30.3 Å².